The molecule has 4 aromatic rings. The van der Waals surface area contributed by atoms with Crippen LogP contribution in [0, 0.1) is 0 Å². The van der Waals surface area contributed by atoms with Crippen molar-refractivity contribution in [1.82, 2.24) is 19.2 Å². The number of carbonyl (C=O) groups excluding carboxylic acids is 1. The molecule has 1 amide bonds. The summed E-state index contributed by atoms with van der Waals surface area (Å²) in [5.41, 5.74) is 11.4. The fourth-order valence-corrected chi connectivity index (χ4v) is 7.98. The highest BCUT2D eigenvalue weighted by Crippen LogP contribution is 2.38. The number of nitrogens with one attached hydrogen (secondary N) is 1. The second-order valence-corrected chi connectivity index (χ2v) is 14.1. The van der Waals surface area contributed by atoms with E-state index in [-0.39, 0.29) is 17.7 Å². The Kier molecular flexibility index (Phi) is 8.94. The van der Waals surface area contributed by atoms with Crippen LogP contribution < -0.4 is 5.73 Å². The molecule has 1 aliphatic rings. The number of nitrogens with two attached hydrogens (primary N) is 1. The minimum Gasteiger partial charge on any atom is -0.366 e. The molecule has 1 atom stereocenters. The molecular formula is C31H39N5O3S2. The smallest absolute Gasteiger partial charge is 0.250 e. The molecule has 0 aliphatic carbocycles. The predicted molar refractivity (Wildman–Crippen MR) is 166 cm³/mol. The maximum Gasteiger partial charge on any atom is 0.250 e. The molecule has 41 heavy (non-hydrogen) atoms. The van der Waals surface area contributed by atoms with Crippen molar-refractivity contribution < 1.29 is 13.2 Å². The zero-order chi connectivity index (χ0) is 29.1. The molecule has 0 radical (unpaired) electrons. The first kappa shape index (κ1) is 29.4. The Bertz CT molecular complexity index is 1610. The van der Waals surface area contributed by atoms with Crippen LogP contribution in [0.25, 0.3) is 22.0 Å². The topological polar surface area (TPSA) is 112 Å². The maximum atomic E-state index is 12.5. The molecule has 1 fully saturated rings. The number of fused-ring (bicyclic) bond motifs is 1. The van der Waals surface area contributed by atoms with E-state index in [1.165, 1.54) is 10.4 Å². The van der Waals surface area contributed by atoms with E-state index in [9.17, 15) is 13.2 Å². The van der Waals surface area contributed by atoms with Crippen LogP contribution in [0.5, 0.6) is 0 Å². The van der Waals surface area contributed by atoms with Crippen LogP contribution in [-0.2, 0) is 16.6 Å². The van der Waals surface area contributed by atoms with Gasteiger partial charge in [0.2, 0.25) is 10.0 Å². The van der Waals surface area contributed by atoms with Gasteiger partial charge in [-0.2, -0.15) is 0 Å². The van der Waals surface area contributed by atoms with Crippen LogP contribution in [0.1, 0.15) is 78.4 Å². The zero-order valence-electron chi connectivity index (χ0n) is 24.0. The third kappa shape index (κ3) is 6.25. The number of piperidine rings is 1. The summed E-state index contributed by atoms with van der Waals surface area (Å²) >= 11 is 1.73. The number of hydrogen-bond acceptors (Lipinski definition) is 6. The summed E-state index contributed by atoms with van der Waals surface area (Å²) in [5.74, 6) is -0.140. The van der Waals surface area contributed by atoms with Gasteiger partial charge in [0.1, 0.15) is 0 Å². The molecule has 3 aromatic heterocycles. The Morgan fingerprint density at radius 2 is 2.00 bits per heavy atom. The first-order valence-electron chi connectivity index (χ1n) is 14.4. The normalized spacial score (nSPS) is 16.0. The van der Waals surface area contributed by atoms with Crippen LogP contribution >= 0.6 is 11.3 Å². The van der Waals surface area contributed by atoms with Crippen molar-refractivity contribution in [1.29, 1.82) is 0 Å². The van der Waals surface area contributed by atoms with E-state index in [2.05, 4.69) is 52.3 Å². The van der Waals surface area contributed by atoms with Crippen LogP contribution in [-0.4, -0.2) is 58.9 Å². The van der Waals surface area contributed by atoms with Crippen molar-refractivity contribution in [3.8, 4) is 11.1 Å². The number of pyridine rings is 1. The molecule has 5 rings (SSSR count). The monoisotopic (exact) mass is 593 g/mol. The molecule has 1 aliphatic heterocycles. The van der Waals surface area contributed by atoms with Crippen LogP contribution in [0.3, 0.4) is 0 Å². The number of benzene rings is 1. The van der Waals surface area contributed by atoms with Crippen molar-refractivity contribution in [2.24, 2.45) is 5.73 Å². The number of carbonyl (C=O) groups is 1. The third-order valence-electron chi connectivity index (χ3n) is 8.31. The minimum absolute atomic E-state index is 0.122. The Morgan fingerprint density at radius 1 is 1.22 bits per heavy atom. The van der Waals surface area contributed by atoms with Crippen LogP contribution in [0.4, 0.5) is 0 Å². The number of amides is 1. The molecule has 0 saturated carbocycles. The summed E-state index contributed by atoms with van der Waals surface area (Å²) in [6.45, 7) is 8.94. The fourth-order valence-electron chi connectivity index (χ4n) is 5.93. The number of aromatic nitrogens is 2. The van der Waals surface area contributed by atoms with E-state index < -0.39 is 15.9 Å². The summed E-state index contributed by atoms with van der Waals surface area (Å²) in [5, 5.41) is 3.14. The standard InChI is InChI=1S/C31H39N5O3S2/c1-4-11-35(21(3)23-7-6-10-33-17-23)19-26-14-25(20-40-26)24-15-27-29(18-34-30(27)28(16-24)31(32)37)22-8-12-36(13-9-22)41(38,39)5-2/h6-7,10,14-18,20-22,34H,4-5,8-9,11-13,19H2,1-3H3,(H2,32,37). The lowest BCUT2D eigenvalue weighted by Gasteiger charge is -2.31. The van der Waals surface area contributed by atoms with Gasteiger partial charge < -0.3 is 10.7 Å². The van der Waals surface area contributed by atoms with Gasteiger partial charge in [-0.3, -0.25) is 14.7 Å². The van der Waals surface area contributed by atoms with E-state index in [4.69, 9.17) is 5.73 Å². The Balaban J connectivity index is 1.42. The van der Waals surface area contributed by atoms with Crippen molar-refractivity contribution in [3.05, 3.63) is 75.9 Å². The maximum absolute atomic E-state index is 12.5. The number of hydrogen-bond donors (Lipinski definition) is 2. The van der Waals surface area contributed by atoms with Gasteiger partial charge >= 0.3 is 0 Å². The van der Waals surface area contributed by atoms with Crippen molar-refractivity contribution in [3.63, 3.8) is 0 Å². The number of nitrogens with zero attached hydrogens (tertiary/aromatic N) is 3. The Hall–Kier alpha value is -3.05. The molecule has 0 spiro atoms. The SMILES string of the molecule is CCCN(Cc1cc(-c2cc(C(N)=O)c3[nH]cc(C4CCN(S(=O)(=O)CC)CC4)c3c2)cs1)C(C)c1cccnc1. The van der Waals surface area contributed by atoms with Gasteiger partial charge in [0.15, 0.2) is 0 Å². The molecule has 4 heterocycles. The number of aromatic amines is 1. The number of sulfonamides is 1. The number of H-pyrrole nitrogens is 1. The molecule has 3 N–H and O–H groups in total. The number of primary amides is 1. The molecule has 1 unspecified atom stereocenters. The molecule has 1 saturated heterocycles. The summed E-state index contributed by atoms with van der Waals surface area (Å²) in [4.78, 5) is 23.9. The van der Waals surface area contributed by atoms with Crippen molar-refractivity contribution in [2.75, 3.05) is 25.4 Å². The second-order valence-electron chi connectivity index (χ2n) is 10.9. The van der Waals surface area contributed by atoms with Crippen molar-refractivity contribution in [2.45, 2.75) is 58.5 Å². The van der Waals surface area contributed by atoms with E-state index >= 15 is 0 Å². The minimum atomic E-state index is -3.19. The highest BCUT2D eigenvalue weighted by molar-refractivity contribution is 7.89. The lowest BCUT2D eigenvalue weighted by Crippen LogP contribution is -2.38. The van der Waals surface area contributed by atoms with Gasteiger partial charge in [0.05, 0.1) is 16.8 Å². The lowest BCUT2D eigenvalue weighted by molar-refractivity contribution is 0.100. The van der Waals surface area contributed by atoms with Crippen LogP contribution in [0.15, 0.2) is 54.3 Å². The number of thiophene rings is 1. The molecule has 10 heteroatoms. The summed E-state index contributed by atoms with van der Waals surface area (Å²) < 4.78 is 26.3. The molecule has 218 valence electrons. The van der Waals surface area contributed by atoms with E-state index in [0.717, 1.165) is 59.9 Å². The van der Waals surface area contributed by atoms with Gasteiger partial charge in [-0.25, -0.2) is 12.7 Å². The fraction of sp³-hybridized carbons (Fsp3) is 0.419. The van der Waals surface area contributed by atoms with Gasteiger partial charge in [-0.05, 0) is 97.5 Å². The highest BCUT2D eigenvalue weighted by Gasteiger charge is 2.29. The largest absolute Gasteiger partial charge is 0.366 e. The summed E-state index contributed by atoms with van der Waals surface area (Å²) in [7, 11) is -3.19. The average Bonchev–Trinajstić information content (AvgIpc) is 3.64. The first-order chi connectivity index (χ1) is 19.7. The summed E-state index contributed by atoms with van der Waals surface area (Å²) in [6.07, 6.45) is 8.26. The average molecular weight is 594 g/mol. The van der Waals surface area contributed by atoms with Gasteiger partial charge in [-0.15, -0.1) is 11.3 Å². The van der Waals surface area contributed by atoms with Crippen molar-refractivity contribution >= 4 is 38.2 Å². The number of rotatable bonds is 11. The summed E-state index contributed by atoms with van der Waals surface area (Å²) in [6, 6.07) is 10.6. The van der Waals surface area contributed by atoms with E-state index in [1.807, 2.05) is 24.5 Å². The quantitative estimate of drug-likeness (QED) is 0.225. The van der Waals surface area contributed by atoms with Gasteiger partial charge in [0.25, 0.3) is 5.91 Å². The Labute approximate surface area is 246 Å². The highest BCUT2D eigenvalue weighted by atomic mass is 32.2. The molecule has 1 aromatic carbocycles. The van der Waals surface area contributed by atoms with E-state index in [0.29, 0.717) is 18.7 Å². The van der Waals surface area contributed by atoms with Crippen LogP contribution in [0.2, 0.25) is 0 Å². The third-order valence-corrected chi connectivity index (χ3v) is 11.1. The van der Waals surface area contributed by atoms with Gasteiger partial charge in [-0.1, -0.05) is 13.0 Å². The molecule has 8 nitrogen and oxygen atoms in total. The lowest BCUT2D eigenvalue weighted by atomic mass is 9.88. The Morgan fingerprint density at radius 3 is 2.66 bits per heavy atom. The zero-order valence-corrected chi connectivity index (χ0v) is 25.6. The molecule has 0 bridgehead atoms. The predicted octanol–water partition coefficient (Wildman–Crippen LogP) is 5.89. The first-order valence-corrected chi connectivity index (χ1v) is 16.8. The van der Waals surface area contributed by atoms with E-state index in [1.54, 1.807) is 28.8 Å². The second kappa shape index (κ2) is 12.4. The molecular weight excluding hydrogens is 555 g/mol. The van der Waals surface area contributed by atoms with Gasteiger partial charge in [0, 0.05) is 54.5 Å².